The summed E-state index contributed by atoms with van der Waals surface area (Å²) in [6.07, 6.45) is 1.72. The fraction of sp³-hybridized carbons (Fsp3) is 0.625. The van der Waals surface area contributed by atoms with Gasteiger partial charge in [0.2, 0.25) is 0 Å². The molecule has 106 valence electrons. The first-order valence-corrected chi connectivity index (χ1v) is 7.11. The number of likely N-dealkylation sites (N-methyl/N-ethyl adjacent to an activating group) is 1. The first-order chi connectivity index (χ1) is 9.08. The second kappa shape index (κ2) is 6.51. The van der Waals surface area contributed by atoms with Crippen LogP contribution in [0.1, 0.15) is 35.6 Å². The molecule has 1 atom stereocenters. The average molecular weight is 263 g/mol. The quantitative estimate of drug-likeness (QED) is 0.905. The SMILES string of the molecule is Cc1ccc(C(O)CN(C)C2CCOCC2)c(C)c1. The maximum atomic E-state index is 10.4. The van der Waals surface area contributed by atoms with E-state index in [9.17, 15) is 5.11 Å². The van der Waals surface area contributed by atoms with Gasteiger partial charge in [-0.3, -0.25) is 0 Å². The van der Waals surface area contributed by atoms with Crippen LogP contribution in [0, 0.1) is 13.8 Å². The van der Waals surface area contributed by atoms with Crippen molar-refractivity contribution in [2.75, 3.05) is 26.8 Å². The highest BCUT2D eigenvalue weighted by Gasteiger charge is 2.21. The Labute approximate surface area is 116 Å². The van der Waals surface area contributed by atoms with Gasteiger partial charge in [-0.15, -0.1) is 0 Å². The standard InChI is InChI=1S/C16H25NO2/c1-12-4-5-15(13(2)10-12)16(18)11-17(3)14-6-8-19-9-7-14/h4-5,10,14,16,18H,6-9,11H2,1-3H3. The summed E-state index contributed by atoms with van der Waals surface area (Å²) in [7, 11) is 2.10. The van der Waals surface area contributed by atoms with E-state index in [2.05, 4.69) is 37.9 Å². The molecule has 1 unspecified atom stereocenters. The zero-order chi connectivity index (χ0) is 13.8. The lowest BCUT2D eigenvalue weighted by Crippen LogP contribution is -2.39. The lowest BCUT2D eigenvalue weighted by Gasteiger charge is -2.32. The highest BCUT2D eigenvalue weighted by atomic mass is 16.5. The predicted octanol–water partition coefficient (Wildman–Crippen LogP) is 2.45. The fourth-order valence-electron chi connectivity index (χ4n) is 2.85. The summed E-state index contributed by atoms with van der Waals surface area (Å²) in [5.74, 6) is 0. The molecule has 0 amide bonds. The molecular formula is C16H25NO2. The van der Waals surface area contributed by atoms with Crippen LogP contribution < -0.4 is 0 Å². The van der Waals surface area contributed by atoms with Crippen molar-refractivity contribution in [2.24, 2.45) is 0 Å². The van der Waals surface area contributed by atoms with Gasteiger partial charge in [-0.25, -0.2) is 0 Å². The summed E-state index contributed by atoms with van der Waals surface area (Å²) < 4.78 is 5.38. The number of hydrogen-bond donors (Lipinski definition) is 1. The van der Waals surface area contributed by atoms with Gasteiger partial charge in [-0.05, 0) is 44.9 Å². The van der Waals surface area contributed by atoms with Crippen LogP contribution in [-0.4, -0.2) is 42.9 Å². The molecule has 1 aliphatic heterocycles. The maximum absolute atomic E-state index is 10.4. The minimum atomic E-state index is -0.409. The molecule has 1 aliphatic rings. The number of aryl methyl sites for hydroxylation is 2. The molecule has 19 heavy (non-hydrogen) atoms. The largest absolute Gasteiger partial charge is 0.387 e. The third-order valence-electron chi connectivity index (χ3n) is 4.06. The second-order valence-electron chi connectivity index (χ2n) is 5.66. The first-order valence-electron chi connectivity index (χ1n) is 7.11. The van der Waals surface area contributed by atoms with Crippen molar-refractivity contribution in [1.82, 2.24) is 4.90 Å². The Morgan fingerprint density at radius 3 is 2.63 bits per heavy atom. The van der Waals surface area contributed by atoms with E-state index in [4.69, 9.17) is 4.74 Å². The normalized spacial score (nSPS) is 18.8. The van der Waals surface area contributed by atoms with Gasteiger partial charge >= 0.3 is 0 Å². The van der Waals surface area contributed by atoms with E-state index in [-0.39, 0.29) is 0 Å². The molecule has 0 spiro atoms. The summed E-state index contributed by atoms with van der Waals surface area (Å²) in [5.41, 5.74) is 3.46. The smallest absolute Gasteiger partial charge is 0.0919 e. The molecule has 1 aromatic rings. The van der Waals surface area contributed by atoms with Crippen LogP contribution in [0.2, 0.25) is 0 Å². The summed E-state index contributed by atoms with van der Waals surface area (Å²) in [6.45, 7) is 6.52. The van der Waals surface area contributed by atoms with Crippen molar-refractivity contribution < 1.29 is 9.84 Å². The minimum Gasteiger partial charge on any atom is -0.387 e. The lowest BCUT2D eigenvalue weighted by molar-refractivity contribution is 0.0252. The van der Waals surface area contributed by atoms with Crippen LogP contribution in [0.3, 0.4) is 0 Å². The van der Waals surface area contributed by atoms with Crippen LogP contribution in [-0.2, 0) is 4.74 Å². The molecule has 0 aliphatic carbocycles. The van der Waals surface area contributed by atoms with Crippen LogP contribution in [0.25, 0.3) is 0 Å². The number of aliphatic hydroxyl groups is 1. The molecule has 0 radical (unpaired) electrons. The van der Waals surface area contributed by atoms with Gasteiger partial charge in [0.1, 0.15) is 0 Å². The van der Waals surface area contributed by atoms with E-state index in [1.165, 1.54) is 11.1 Å². The van der Waals surface area contributed by atoms with Gasteiger partial charge in [0.15, 0.2) is 0 Å². The van der Waals surface area contributed by atoms with Crippen LogP contribution >= 0.6 is 0 Å². The maximum Gasteiger partial charge on any atom is 0.0919 e. The Kier molecular flexibility index (Phi) is 4.97. The van der Waals surface area contributed by atoms with Crippen LogP contribution in [0.5, 0.6) is 0 Å². The zero-order valence-corrected chi connectivity index (χ0v) is 12.2. The summed E-state index contributed by atoms with van der Waals surface area (Å²) >= 11 is 0. The number of benzene rings is 1. The van der Waals surface area contributed by atoms with Crippen molar-refractivity contribution in [2.45, 2.75) is 38.8 Å². The van der Waals surface area contributed by atoms with Gasteiger partial charge in [-0.2, -0.15) is 0 Å². The van der Waals surface area contributed by atoms with Gasteiger partial charge < -0.3 is 14.7 Å². The first kappa shape index (κ1) is 14.5. The Hall–Kier alpha value is -0.900. The monoisotopic (exact) mass is 263 g/mol. The fourth-order valence-corrected chi connectivity index (χ4v) is 2.85. The molecule has 1 saturated heterocycles. The number of ether oxygens (including phenoxy) is 1. The van der Waals surface area contributed by atoms with E-state index in [1.54, 1.807) is 0 Å². The molecule has 1 N–H and O–H groups in total. The van der Waals surface area contributed by atoms with Crippen LogP contribution in [0.4, 0.5) is 0 Å². The summed E-state index contributed by atoms with van der Waals surface area (Å²) in [6, 6.07) is 6.79. The zero-order valence-electron chi connectivity index (χ0n) is 12.2. The molecule has 0 aromatic heterocycles. The van der Waals surface area contributed by atoms with Gasteiger partial charge in [0, 0.05) is 25.8 Å². The molecule has 0 bridgehead atoms. The Bertz CT molecular complexity index is 413. The number of nitrogens with zero attached hydrogens (tertiary/aromatic N) is 1. The third kappa shape index (κ3) is 3.78. The topological polar surface area (TPSA) is 32.7 Å². The van der Waals surface area contributed by atoms with Crippen LogP contribution in [0.15, 0.2) is 18.2 Å². The lowest BCUT2D eigenvalue weighted by atomic mass is 10.00. The highest BCUT2D eigenvalue weighted by molar-refractivity contribution is 5.32. The molecule has 1 aromatic carbocycles. The Morgan fingerprint density at radius 2 is 2.00 bits per heavy atom. The van der Waals surface area contributed by atoms with E-state index in [0.29, 0.717) is 12.6 Å². The molecule has 3 nitrogen and oxygen atoms in total. The van der Waals surface area contributed by atoms with Crippen molar-refractivity contribution in [3.05, 3.63) is 34.9 Å². The van der Waals surface area contributed by atoms with Gasteiger partial charge in [0.25, 0.3) is 0 Å². The highest BCUT2D eigenvalue weighted by Crippen LogP contribution is 2.22. The van der Waals surface area contributed by atoms with E-state index in [0.717, 1.165) is 31.6 Å². The van der Waals surface area contributed by atoms with E-state index < -0.39 is 6.10 Å². The van der Waals surface area contributed by atoms with E-state index in [1.807, 2.05) is 6.07 Å². The van der Waals surface area contributed by atoms with Gasteiger partial charge in [-0.1, -0.05) is 23.8 Å². The number of aliphatic hydroxyl groups excluding tert-OH is 1. The van der Waals surface area contributed by atoms with Crippen molar-refractivity contribution in [1.29, 1.82) is 0 Å². The Balaban J connectivity index is 1.97. The third-order valence-corrected chi connectivity index (χ3v) is 4.06. The van der Waals surface area contributed by atoms with Gasteiger partial charge in [0.05, 0.1) is 6.10 Å². The minimum absolute atomic E-state index is 0.409. The second-order valence-corrected chi connectivity index (χ2v) is 5.66. The predicted molar refractivity (Wildman–Crippen MR) is 77.3 cm³/mol. The van der Waals surface area contributed by atoms with Crippen molar-refractivity contribution in [3.63, 3.8) is 0 Å². The molecule has 1 heterocycles. The summed E-state index contributed by atoms with van der Waals surface area (Å²) in [4.78, 5) is 2.27. The molecule has 0 saturated carbocycles. The Morgan fingerprint density at radius 1 is 1.32 bits per heavy atom. The molecular weight excluding hydrogens is 238 g/mol. The number of rotatable bonds is 4. The van der Waals surface area contributed by atoms with Crippen molar-refractivity contribution in [3.8, 4) is 0 Å². The molecule has 3 heteroatoms. The van der Waals surface area contributed by atoms with E-state index >= 15 is 0 Å². The summed E-state index contributed by atoms with van der Waals surface area (Å²) in [5, 5.41) is 10.4. The van der Waals surface area contributed by atoms with Crippen molar-refractivity contribution >= 4 is 0 Å². The average Bonchev–Trinajstić information content (AvgIpc) is 2.39. The molecule has 2 rings (SSSR count). The molecule has 1 fully saturated rings. The number of hydrogen-bond acceptors (Lipinski definition) is 3.